The summed E-state index contributed by atoms with van der Waals surface area (Å²) in [5.41, 5.74) is 3.24. The van der Waals surface area contributed by atoms with E-state index in [9.17, 15) is 9.90 Å². The highest BCUT2D eigenvalue weighted by molar-refractivity contribution is 6.31. The highest BCUT2D eigenvalue weighted by Gasteiger charge is 2.13. The molecule has 1 atom stereocenters. The van der Waals surface area contributed by atoms with Crippen molar-refractivity contribution in [2.24, 2.45) is 0 Å². The number of hydrogen-bond donors (Lipinski definition) is 3. The van der Waals surface area contributed by atoms with Crippen molar-refractivity contribution in [3.8, 4) is 5.75 Å². The van der Waals surface area contributed by atoms with Crippen molar-refractivity contribution < 1.29 is 14.6 Å². The van der Waals surface area contributed by atoms with Crippen molar-refractivity contribution in [3.63, 3.8) is 0 Å². The average molecular weight is 373 g/mol. The fourth-order valence-corrected chi connectivity index (χ4v) is 2.96. The van der Waals surface area contributed by atoms with Crippen molar-refractivity contribution >= 4 is 28.4 Å². The summed E-state index contributed by atoms with van der Waals surface area (Å²) < 4.78 is 5.70. The molecule has 2 aromatic carbocycles. The number of H-pyrrole nitrogens is 1. The molecule has 0 saturated heterocycles. The summed E-state index contributed by atoms with van der Waals surface area (Å²) in [6.07, 6.45) is -0.809. The number of aryl methyl sites for hydroxylation is 2. The Morgan fingerprint density at radius 3 is 2.69 bits per heavy atom. The standard InChI is InChI=1S/C20H21ClN2O3/c1-12-4-3-5-13(2)19(12)26-11-16(24)10-22-20(25)18-8-14-6-7-15(21)9-17(14)23-18/h3-9,16,23-24H,10-11H2,1-2H3,(H,22,25). The first-order chi connectivity index (χ1) is 12.4. The van der Waals surface area contributed by atoms with Gasteiger partial charge >= 0.3 is 0 Å². The molecule has 0 aliphatic carbocycles. The Hall–Kier alpha value is -2.50. The number of aromatic amines is 1. The number of amides is 1. The van der Waals surface area contributed by atoms with Gasteiger partial charge in [0.15, 0.2) is 0 Å². The Morgan fingerprint density at radius 1 is 1.23 bits per heavy atom. The Morgan fingerprint density at radius 2 is 1.96 bits per heavy atom. The topological polar surface area (TPSA) is 74.3 Å². The number of rotatable bonds is 6. The van der Waals surface area contributed by atoms with Crippen LogP contribution in [0.5, 0.6) is 5.75 Å². The third kappa shape index (κ3) is 4.18. The van der Waals surface area contributed by atoms with Gasteiger partial charge in [-0.25, -0.2) is 0 Å². The number of nitrogens with one attached hydrogen (secondary N) is 2. The summed E-state index contributed by atoms with van der Waals surface area (Å²) in [6, 6.07) is 13.0. The fraction of sp³-hybridized carbons (Fsp3) is 0.250. The van der Waals surface area contributed by atoms with Gasteiger partial charge in [-0.15, -0.1) is 0 Å². The minimum atomic E-state index is -0.809. The molecule has 6 heteroatoms. The van der Waals surface area contributed by atoms with Crippen LogP contribution in [-0.2, 0) is 0 Å². The van der Waals surface area contributed by atoms with E-state index >= 15 is 0 Å². The maximum atomic E-state index is 12.3. The number of carbonyl (C=O) groups is 1. The first-order valence-electron chi connectivity index (χ1n) is 8.37. The summed E-state index contributed by atoms with van der Waals surface area (Å²) >= 11 is 5.95. The molecule has 1 amide bonds. The number of ether oxygens (including phenoxy) is 1. The van der Waals surface area contributed by atoms with Crippen molar-refractivity contribution in [1.29, 1.82) is 0 Å². The zero-order valence-electron chi connectivity index (χ0n) is 14.7. The number of hydrogen-bond acceptors (Lipinski definition) is 3. The minimum absolute atomic E-state index is 0.0971. The van der Waals surface area contributed by atoms with Crippen LogP contribution in [0, 0.1) is 13.8 Å². The number of fused-ring (bicyclic) bond motifs is 1. The molecule has 5 nitrogen and oxygen atoms in total. The fourth-order valence-electron chi connectivity index (χ4n) is 2.79. The molecule has 3 rings (SSSR count). The number of para-hydroxylation sites is 1. The normalized spacial score (nSPS) is 12.2. The lowest BCUT2D eigenvalue weighted by atomic mass is 10.1. The molecule has 0 aliphatic heterocycles. The van der Waals surface area contributed by atoms with E-state index in [1.807, 2.05) is 38.1 Å². The first kappa shape index (κ1) is 18.3. The van der Waals surface area contributed by atoms with Gasteiger partial charge in [-0.2, -0.15) is 0 Å². The van der Waals surface area contributed by atoms with Gasteiger partial charge < -0.3 is 20.1 Å². The molecular weight excluding hydrogens is 352 g/mol. The van der Waals surface area contributed by atoms with E-state index in [4.69, 9.17) is 16.3 Å². The van der Waals surface area contributed by atoms with Gasteiger partial charge in [0, 0.05) is 22.5 Å². The summed E-state index contributed by atoms with van der Waals surface area (Å²) in [4.78, 5) is 15.3. The molecule has 3 N–H and O–H groups in total. The molecule has 0 fully saturated rings. The van der Waals surface area contributed by atoms with E-state index in [0.29, 0.717) is 10.7 Å². The Labute approximate surface area is 156 Å². The minimum Gasteiger partial charge on any atom is -0.490 e. The third-order valence-electron chi connectivity index (χ3n) is 4.16. The van der Waals surface area contributed by atoms with Crippen LogP contribution in [-0.4, -0.2) is 35.3 Å². The number of halogens is 1. The van der Waals surface area contributed by atoms with Crippen LogP contribution in [0.1, 0.15) is 21.6 Å². The van der Waals surface area contributed by atoms with Crippen LogP contribution < -0.4 is 10.1 Å². The lowest BCUT2D eigenvalue weighted by Crippen LogP contribution is -2.35. The second kappa shape index (κ2) is 7.81. The summed E-state index contributed by atoms with van der Waals surface area (Å²) in [6.45, 7) is 4.12. The maximum absolute atomic E-state index is 12.3. The van der Waals surface area contributed by atoms with Gasteiger partial charge in [0.1, 0.15) is 24.2 Å². The summed E-state index contributed by atoms with van der Waals surface area (Å²) in [7, 11) is 0. The van der Waals surface area contributed by atoms with E-state index in [1.54, 1.807) is 18.2 Å². The highest BCUT2D eigenvalue weighted by Crippen LogP contribution is 2.22. The Bertz CT molecular complexity index is 916. The molecule has 1 aromatic heterocycles. The van der Waals surface area contributed by atoms with Crippen molar-refractivity contribution in [2.75, 3.05) is 13.2 Å². The van der Waals surface area contributed by atoms with Crippen LogP contribution in [0.4, 0.5) is 0 Å². The number of aliphatic hydroxyl groups is 1. The second-order valence-electron chi connectivity index (χ2n) is 6.31. The maximum Gasteiger partial charge on any atom is 0.267 e. The molecule has 0 radical (unpaired) electrons. The van der Waals surface area contributed by atoms with Crippen LogP contribution in [0.3, 0.4) is 0 Å². The quantitative estimate of drug-likeness (QED) is 0.618. The molecule has 3 aromatic rings. The molecule has 26 heavy (non-hydrogen) atoms. The predicted molar refractivity (Wildman–Crippen MR) is 103 cm³/mol. The van der Waals surface area contributed by atoms with Gasteiger partial charge in [-0.1, -0.05) is 35.9 Å². The first-order valence-corrected chi connectivity index (χ1v) is 8.75. The van der Waals surface area contributed by atoms with Crippen molar-refractivity contribution in [2.45, 2.75) is 20.0 Å². The number of carbonyl (C=O) groups excluding carboxylic acids is 1. The summed E-state index contributed by atoms with van der Waals surface area (Å²) in [5.74, 6) is 0.480. The monoisotopic (exact) mass is 372 g/mol. The van der Waals surface area contributed by atoms with Crippen LogP contribution in [0.25, 0.3) is 10.9 Å². The molecular formula is C20H21ClN2O3. The average Bonchev–Trinajstić information content (AvgIpc) is 3.02. The van der Waals surface area contributed by atoms with Gasteiger partial charge in [0.25, 0.3) is 5.91 Å². The molecule has 1 heterocycles. The molecule has 0 saturated carbocycles. The lowest BCUT2D eigenvalue weighted by Gasteiger charge is -2.16. The van der Waals surface area contributed by atoms with E-state index in [-0.39, 0.29) is 19.1 Å². The summed E-state index contributed by atoms with van der Waals surface area (Å²) in [5, 5.41) is 14.3. The Balaban J connectivity index is 1.55. The van der Waals surface area contributed by atoms with Gasteiger partial charge in [0.05, 0.1) is 0 Å². The number of benzene rings is 2. The van der Waals surface area contributed by atoms with Gasteiger partial charge in [-0.05, 0) is 43.2 Å². The zero-order chi connectivity index (χ0) is 18.7. The SMILES string of the molecule is Cc1cccc(C)c1OCC(O)CNC(=O)c1cc2ccc(Cl)cc2[nH]1. The molecule has 1 unspecified atom stereocenters. The smallest absolute Gasteiger partial charge is 0.267 e. The highest BCUT2D eigenvalue weighted by atomic mass is 35.5. The van der Waals surface area contributed by atoms with Crippen LogP contribution in [0.15, 0.2) is 42.5 Å². The Kier molecular flexibility index (Phi) is 5.49. The van der Waals surface area contributed by atoms with E-state index in [1.165, 1.54) is 0 Å². The predicted octanol–water partition coefficient (Wildman–Crippen LogP) is 3.61. The van der Waals surface area contributed by atoms with Gasteiger partial charge in [-0.3, -0.25) is 4.79 Å². The zero-order valence-corrected chi connectivity index (χ0v) is 15.4. The van der Waals surface area contributed by atoms with E-state index < -0.39 is 6.10 Å². The largest absolute Gasteiger partial charge is 0.490 e. The van der Waals surface area contributed by atoms with E-state index in [0.717, 1.165) is 27.8 Å². The van der Waals surface area contributed by atoms with Crippen LogP contribution in [0.2, 0.25) is 5.02 Å². The lowest BCUT2D eigenvalue weighted by molar-refractivity contribution is 0.0838. The molecule has 0 aliphatic rings. The van der Waals surface area contributed by atoms with Crippen LogP contribution >= 0.6 is 11.6 Å². The number of aromatic nitrogens is 1. The number of aliphatic hydroxyl groups excluding tert-OH is 1. The van der Waals surface area contributed by atoms with Crippen molar-refractivity contribution in [3.05, 3.63) is 64.3 Å². The molecule has 0 spiro atoms. The molecule has 0 bridgehead atoms. The molecule has 136 valence electrons. The van der Waals surface area contributed by atoms with Gasteiger partial charge in [0.2, 0.25) is 0 Å². The van der Waals surface area contributed by atoms with Crippen molar-refractivity contribution in [1.82, 2.24) is 10.3 Å². The third-order valence-corrected chi connectivity index (χ3v) is 4.39. The second-order valence-corrected chi connectivity index (χ2v) is 6.75. The van der Waals surface area contributed by atoms with E-state index in [2.05, 4.69) is 10.3 Å².